The van der Waals surface area contributed by atoms with E-state index in [0.29, 0.717) is 36.1 Å². The van der Waals surface area contributed by atoms with Gasteiger partial charge in [-0.1, -0.05) is 6.07 Å². The molecule has 36 heavy (non-hydrogen) atoms. The molecule has 0 spiro atoms. The van der Waals surface area contributed by atoms with Crippen LogP contribution in [0.1, 0.15) is 18.5 Å². The zero-order valence-electron chi connectivity index (χ0n) is 19.6. The molecule has 1 atom stereocenters. The molecule has 1 aliphatic rings. The average Bonchev–Trinajstić information content (AvgIpc) is 3.48. The van der Waals surface area contributed by atoms with Crippen molar-refractivity contribution in [2.24, 2.45) is 0 Å². The van der Waals surface area contributed by atoms with Gasteiger partial charge in [0.15, 0.2) is 0 Å². The van der Waals surface area contributed by atoms with Gasteiger partial charge in [0.2, 0.25) is 21.8 Å². The summed E-state index contributed by atoms with van der Waals surface area (Å²) in [6, 6.07) is 10.9. The molecule has 1 fully saturated rings. The Morgan fingerprint density at radius 3 is 2.67 bits per heavy atom. The molecule has 1 unspecified atom stereocenters. The Morgan fingerprint density at radius 1 is 1.11 bits per heavy atom. The Hall–Kier alpha value is -3.66. The Balaban J connectivity index is 1.58. The Labute approximate surface area is 209 Å². The van der Waals surface area contributed by atoms with Gasteiger partial charge in [0.25, 0.3) is 0 Å². The van der Waals surface area contributed by atoms with Gasteiger partial charge >= 0.3 is 0 Å². The molecule has 0 saturated carbocycles. The number of sulfonamides is 1. The summed E-state index contributed by atoms with van der Waals surface area (Å²) >= 11 is 0. The van der Waals surface area contributed by atoms with Crippen molar-refractivity contribution in [1.82, 2.24) is 24.1 Å². The van der Waals surface area contributed by atoms with Crippen LogP contribution in [-0.2, 0) is 26.2 Å². The number of benzene rings is 1. The molecule has 0 bridgehead atoms. The molecule has 11 nitrogen and oxygen atoms in total. The quantitative estimate of drug-likeness (QED) is 0.403. The highest BCUT2D eigenvalue weighted by molar-refractivity contribution is 7.89. The molecule has 1 aromatic carbocycles. The van der Waals surface area contributed by atoms with Gasteiger partial charge in [-0.25, -0.2) is 8.42 Å². The number of aliphatic hydroxyl groups is 1. The average molecular weight is 513 g/mol. The predicted molar refractivity (Wildman–Crippen MR) is 131 cm³/mol. The lowest BCUT2D eigenvalue weighted by molar-refractivity contribution is -0.136. The number of nitrogens with one attached hydrogen (secondary N) is 2. The zero-order valence-corrected chi connectivity index (χ0v) is 20.4. The maximum atomic E-state index is 13.6. The summed E-state index contributed by atoms with van der Waals surface area (Å²) in [6.07, 6.45) is 3.99. The van der Waals surface area contributed by atoms with Gasteiger partial charge in [-0.05, 0) is 43.2 Å². The van der Waals surface area contributed by atoms with Gasteiger partial charge in [0, 0.05) is 56.0 Å². The smallest absolute Gasteiger partial charge is 0.248 e. The summed E-state index contributed by atoms with van der Waals surface area (Å²) in [7, 11) is -4.07. The number of carbonyl (C=O) groups is 2. The maximum Gasteiger partial charge on any atom is 0.248 e. The monoisotopic (exact) mass is 512 g/mol. The third-order valence-corrected chi connectivity index (χ3v) is 7.87. The number of rotatable bonds is 8. The summed E-state index contributed by atoms with van der Waals surface area (Å²) in [5, 5.41) is 19.0. The van der Waals surface area contributed by atoms with E-state index < -0.39 is 34.5 Å². The van der Waals surface area contributed by atoms with E-state index >= 15 is 0 Å². The fourth-order valence-electron chi connectivity index (χ4n) is 4.46. The normalized spacial score (nSPS) is 15.4. The van der Waals surface area contributed by atoms with Crippen molar-refractivity contribution in [2.45, 2.75) is 30.3 Å². The van der Waals surface area contributed by atoms with Crippen LogP contribution in [0, 0.1) is 11.3 Å². The molecular weight excluding hydrogens is 484 g/mol. The number of fused-ring (bicyclic) bond motifs is 1. The van der Waals surface area contributed by atoms with Crippen molar-refractivity contribution >= 4 is 32.7 Å². The zero-order chi connectivity index (χ0) is 25.7. The molecular formula is C24H28N6O5S. The topological polar surface area (TPSA) is 152 Å². The second-order valence-corrected chi connectivity index (χ2v) is 10.3. The molecule has 3 N–H and O–H groups in total. The van der Waals surface area contributed by atoms with Crippen LogP contribution in [0.15, 0.2) is 53.7 Å². The summed E-state index contributed by atoms with van der Waals surface area (Å²) in [6.45, 7) is 0.897. The van der Waals surface area contributed by atoms with Crippen molar-refractivity contribution in [1.29, 1.82) is 5.26 Å². The number of aliphatic hydroxyl groups excluding tert-OH is 1. The number of amides is 2. The number of nitriles is 1. The molecule has 190 valence electrons. The van der Waals surface area contributed by atoms with E-state index in [9.17, 15) is 23.3 Å². The van der Waals surface area contributed by atoms with Crippen LogP contribution in [-0.4, -0.2) is 83.5 Å². The lowest BCUT2D eigenvalue weighted by Gasteiger charge is -2.27. The highest BCUT2D eigenvalue weighted by Crippen LogP contribution is 2.23. The van der Waals surface area contributed by atoms with Crippen LogP contribution in [0.5, 0.6) is 0 Å². The minimum Gasteiger partial charge on any atom is -0.387 e. The van der Waals surface area contributed by atoms with Crippen LogP contribution >= 0.6 is 0 Å². The predicted octanol–water partition coefficient (Wildman–Crippen LogP) is 0.631. The Bertz CT molecular complexity index is 1390. The van der Waals surface area contributed by atoms with Crippen LogP contribution in [0.25, 0.3) is 10.9 Å². The molecule has 1 aliphatic heterocycles. The minimum atomic E-state index is -4.07. The number of aryl methyl sites for hydroxylation is 1. The fourth-order valence-corrected chi connectivity index (χ4v) is 5.91. The van der Waals surface area contributed by atoms with Crippen LogP contribution < -0.4 is 4.72 Å². The lowest BCUT2D eigenvalue weighted by atomic mass is 10.2. The molecule has 0 aliphatic carbocycles. The molecule has 12 heteroatoms. The second kappa shape index (κ2) is 10.9. The van der Waals surface area contributed by atoms with E-state index in [1.807, 2.05) is 0 Å². The first kappa shape index (κ1) is 25.4. The lowest BCUT2D eigenvalue weighted by Crippen LogP contribution is -2.50. The Morgan fingerprint density at radius 2 is 1.89 bits per heavy atom. The van der Waals surface area contributed by atoms with Gasteiger partial charge in [-0.15, -0.1) is 0 Å². The molecule has 2 aromatic heterocycles. The number of aromatic nitrogens is 2. The molecule has 3 heterocycles. The van der Waals surface area contributed by atoms with Crippen molar-refractivity contribution in [3.05, 3.63) is 54.5 Å². The first-order chi connectivity index (χ1) is 17.3. The second-order valence-electron chi connectivity index (χ2n) is 8.57. The van der Waals surface area contributed by atoms with Crippen molar-refractivity contribution in [3.8, 4) is 6.07 Å². The van der Waals surface area contributed by atoms with Gasteiger partial charge < -0.3 is 24.5 Å². The van der Waals surface area contributed by atoms with Gasteiger partial charge in [0.1, 0.15) is 24.4 Å². The third kappa shape index (κ3) is 5.43. The SMILES string of the molecule is N#Cc1cccn1CCC(NS(=O)(=O)c1cccc2[nH]ccc12)C(=O)N1CCCN(C(=O)CO)CC1. The van der Waals surface area contributed by atoms with Crippen LogP contribution in [0.3, 0.4) is 0 Å². The number of nitrogens with zero attached hydrogens (tertiary/aromatic N) is 4. The van der Waals surface area contributed by atoms with Gasteiger partial charge in [0.05, 0.1) is 4.90 Å². The van der Waals surface area contributed by atoms with Gasteiger partial charge in [-0.3, -0.25) is 9.59 Å². The largest absolute Gasteiger partial charge is 0.387 e. The minimum absolute atomic E-state index is 0.0633. The van der Waals surface area contributed by atoms with E-state index in [1.165, 1.54) is 11.0 Å². The van der Waals surface area contributed by atoms with E-state index in [1.54, 1.807) is 52.2 Å². The summed E-state index contributed by atoms with van der Waals surface area (Å²) in [5.74, 6) is -0.804. The molecule has 2 amide bonds. The number of carbonyl (C=O) groups excluding carboxylic acids is 2. The summed E-state index contributed by atoms with van der Waals surface area (Å²) in [4.78, 5) is 31.6. The first-order valence-corrected chi connectivity index (χ1v) is 13.1. The van der Waals surface area contributed by atoms with Crippen LogP contribution in [0.2, 0.25) is 0 Å². The van der Waals surface area contributed by atoms with E-state index in [0.717, 1.165) is 0 Å². The summed E-state index contributed by atoms with van der Waals surface area (Å²) < 4.78 is 31.2. The molecule has 3 aromatic rings. The number of hydrogen-bond donors (Lipinski definition) is 3. The summed E-state index contributed by atoms with van der Waals surface area (Å²) in [5.41, 5.74) is 1.07. The van der Waals surface area contributed by atoms with Crippen molar-refractivity contribution < 1.29 is 23.1 Å². The molecule has 4 rings (SSSR count). The molecule has 0 radical (unpaired) electrons. The van der Waals surface area contributed by atoms with Crippen LogP contribution in [0.4, 0.5) is 0 Å². The van der Waals surface area contributed by atoms with E-state index in [-0.39, 0.29) is 31.0 Å². The highest BCUT2D eigenvalue weighted by Gasteiger charge is 2.31. The standard InChI is InChI=1S/C24H28N6O5S/c25-16-18-4-2-10-28(18)13-8-21(24(33)30-12-3-11-29(14-15-30)23(32)17-31)27-36(34,35)22-6-1-5-20-19(22)7-9-26-20/h1-2,4-7,9-10,21,26-27,31H,3,8,11-15,17H2. The van der Waals surface area contributed by atoms with Gasteiger partial charge in [-0.2, -0.15) is 9.98 Å². The Kier molecular flexibility index (Phi) is 7.73. The number of H-pyrrole nitrogens is 1. The number of hydrogen-bond acceptors (Lipinski definition) is 6. The fraction of sp³-hybridized carbons (Fsp3) is 0.375. The first-order valence-electron chi connectivity index (χ1n) is 11.6. The van der Waals surface area contributed by atoms with Crippen molar-refractivity contribution in [2.75, 3.05) is 32.8 Å². The van der Waals surface area contributed by atoms with E-state index in [2.05, 4.69) is 15.8 Å². The third-order valence-electron chi connectivity index (χ3n) is 6.34. The molecule has 1 saturated heterocycles. The maximum absolute atomic E-state index is 13.6. The van der Waals surface area contributed by atoms with Crippen molar-refractivity contribution in [3.63, 3.8) is 0 Å². The number of aromatic amines is 1. The highest BCUT2D eigenvalue weighted by atomic mass is 32.2. The van der Waals surface area contributed by atoms with E-state index in [4.69, 9.17) is 5.11 Å².